The summed E-state index contributed by atoms with van der Waals surface area (Å²) < 4.78 is 0. The Morgan fingerprint density at radius 1 is 1.11 bits per heavy atom. The van der Waals surface area contributed by atoms with Crippen molar-refractivity contribution in [2.75, 3.05) is 0 Å². The highest BCUT2D eigenvalue weighted by Crippen LogP contribution is 2.17. The fourth-order valence-electron chi connectivity index (χ4n) is 0.755. The number of hydrogen-bond acceptors (Lipinski definition) is 1. The van der Waals surface area contributed by atoms with Crippen molar-refractivity contribution in [1.82, 2.24) is 0 Å². The van der Waals surface area contributed by atoms with Crippen LogP contribution in [0, 0.1) is 11.8 Å². The van der Waals surface area contributed by atoms with E-state index in [2.05, 4.69) is 40.3 Å². The van der Waals surface area contributed by atoms with Crippen LogP contribution in [0.1, 0.15) is 34.1 Å². The van der Waals surface area contributed by atoms with Crippen molar-refractivity contribution in [2.45, 2.75) is 39.4 Å². The van der Waals surface area contributed by atoms with Gasteiger partial charge in [0.2, 0.25) is 0 Å². The largest absolute Gasteiger partial charge is 0.176 e. The van der Waals surface area contributed by atoms with Gasteiger partial charge in [-0.2, -0.15) is 12.6 Å². The Kier molecular flexibility index (Phi) is 4.37. The summed E-state index contributed by atoms with van der Waals surface area (Å²) in [5.41, 5.74) is 0. The summed E-state index contributed by atoms with van der Waals surface area (Å²) in [6.07, 6.45) is 1.24. The molecule has 1 unspecified atom stereocenters. The van der Waals surface area contributed by atoms with Crippen LogP contribution in [0.2, 0.25) is 0 Å². The van der Waals surface area contributed by atoms with Crippen LogP contribution in [0.5, 0.6) is 0 Å². The van der Waals surface area contributed by atoms with Gasteiger partial charge in [0.1, 0.15) is 0 Å². The maximum Gasteiger partial charge on any atom is 0.00422 e. The van der Waals surface area contributed by atoms with Gasteiger partial charge in [-0.05, 0) is 18.3 Å². The van der Waals surface area contributed by atoms with E-state index in [9.17, 15) is 0 Å². The third-order valence-electron chi connectivity index (χ3n) is 1.48. The second-order valence-corrected chi connectivity index (χ2v) is 4.10. The van der Waals surface area contributed by atoms with Crippen molar-refractivity contribution in [3.8, 4) is 0 Å². The van der Waals surface area contributed by atoms with Gasteiger partial charge in [0.15, 0.2) is 0 Å². The molecule has 0 aliphatic rings. The summed E-state index contributed by atoms with van der Waals surface area (Å²) in [7, 11) is 0. The molecule has 0 radical (unpaired) electrons. The van der Waals surface area contributed by atoms with Gasteiger partial charge in [-0.1, -0.05) is 27.7 Å². The molecule has 56 valence electrons. The minimum Gasteiger partial charge on any atom is -0.176 e. The summed E-state index contributed by atoms with van der Waals surface area (Å²) in [6, 6.07) is 0. The molecule has 0 rings (SSSR count). The van der Waals surface area contributed by atoms with E-state index in [-0.39, 0.29) is 0 Å². The molecule has 0 N–H and O–H groups in total. The van der Waals surface area contributed by atoms with Crippen LogP contribution in [-0.4, -0.2) is 5.25 Å². The highest BCUT2D eigenvalue weighted by atomic mass is 32.1. The lowest BCUT2D eigenvalue weighted by Crippen LogP contribution is -2.10. The Hall–Kier alpha value is 0.350. The van der Waals surface area contributed by atoms with Crippen molar-refractivity contribution >= 4 is 12.6 Å². The van der Waals surface area contributed by atoms with Crippen LogP contribution in [0.15, 0.2) is 0 Å². The van der Waals surface area contributed by atoms with E-state index in [4.69, 9.17) is 0 Å². The van der Waals surface area contributed by atoms with Gasteiger partial charge in [-0.15, -0.1) is 0 Å². The summed E-state index contributed by atoms with van der Waals surface area (Å²) >= 11 is 4.46. The van der Waals surface area contributed by atoms with E-state index in [0.29, 0.717) is 5.25 Å². The fourth-order valence-corrected chi connectivity index (χ4v) is 1.18. The van der Waals surface area contributed by atoms with E-state index in [1.807, 2.05) is 0 Å². The molecular weight excluding hydrogens is 128 g/mol. The molecule has 0 aromatic heterocycles. The first-order valence-corrected chi connectivity index (χ1v) is 4.23. The smallest absolute Gasteiger partial charge is 0.00422 e. The normalized spacial score (nSPS) is 15.0. The van der Waals surface area contributed by atoms with Crippen molar-refractivity contribution in [3.05, 3.63) is 0 Å². The van der Waals surface area contributed by atoms with E-state index < -0.39 is 0 Å². The molecule has 9 heavy (non-hydrogen) atoms. The average Bonchev–Trinajstić information content (AvgIpc) is 1.63. The maximum absolute atomic E-state index is 4.46. The predicted molar refractivity (Wildman–Crippen MR) is 47.1 cm³/mol. The molecule has 0 aromatic rings. The zero-order valence-electron chi connectivity index (χ0n) is 6.89. The van der Waals surface area contributed by atoms with Gasteiger partial charge in [-0.25, -0.2) is 0 Å². The second kappa shape index (κ2) is 4.21. The fraction of sp³-hybridized carbons (Fsp3) is 1.00. The van der Waals surface area contributed by atoms with Gasteiger partial charge >= 0.3 is 0 Å². The topological polar surface area (TPSA) is 0 Å². The monoisotopic (exact) mass is 146 g/mol. The molecule has 0 bridgehead atoms. The first kappa shape index (κ1) is 9.35. The third-order valence-corrected chi connectivity index (χ3v) is 2.29. The molecule has 0 aliphatic carbocycles. The van der Waals surface area contributed by atoms with Crippen molar-refractivity contribution < 1.29 is 0 Å². The minimum absolute atomic E-state index is 0.588. The second-order valence-electron chi connectivity index (χ2n) is 3.44. The number of hydrogen-bond donors (Lipinski definition) is 1. The molecule has 0 aromatic carbocycles. The van der Waals surface area contributed by atoms with Crippen LogP contribution in [0.25, 0.3) is 0 Å². The van der Waals surface area contributed by atoms with Gasteiger partial charge in [0.25, 0.3) is 0 Å². The lowest BCUT2D eigenvalue weighted by Gasteiger charge is -2.16. The highest BCUT2D eigenvalue weighted by molar-refractivity contribution is 7.81. The summed E-state index contributed by atoms with van der Waals surface area (Å²) in [5, 5.41) is 0.588. The highest BCUT2D eigenvalue weighted by Gasteiger charge is 2.08. The van der Waals surface area contributed by atoms with Crippen molar-refractivity contribution in [1.29, 1.82) is 0 Å². The van der Waals surface area contributed by atoms with Gasteiger partial charge in [0, 0.05) is 5.25 Å². The molecule has 0 amide bonds. The number of thiol groups is 1. The van der Waals surface area contributed by atoms with Gasteiger partial charge in [-0.3, -0.25) is 0 Å². The Labute approximate surface area is 64.4 Å². The Morgan fingerprint density at radius 3 is 1.67 bits per heavy atom. The van der Waals surface area contributed by atoms with Crippen molar-refractivity contribution in [3.63, 3.8) is 0 Å². The molecule has 0 aliphatic heterocycles. The number of rotatable bonds is 3. The molecule has 1 atom stereocenters. The van der Waals surface area contributed by atoms with E-state index in [0.717, 1.165) is 11.8 Å². The first-order chi connectivity index (χ1) is 4.04. The maximum atomic E-state index is 4.46. The van der Waals surface area contributed by atoms with E-state index in [1.165, 1.54) is 6.42 Å². The molecule has 0 saturated heterocycles. The van der Waals surface area contributed by atoms with Crippen molar-refractivity contribution in [2.24, 2.45) is 11.8 Å². The Morgan fingerprint density at radius 2 is 1.56 bits per heavy atom. The first-order valence-electron chi connectivity index (χ1n) is 3.72. The SMILES string of the molecule is CC(C)CC(S)C(C)C. The van der Waals surface area contributed by atoms with Gasteiger partial charge < -0.3 is 0 Å². The third kappa shape index (κ3) is 4.83. The Bertz CT molecular complexity index is 67.0. The molecule has 0 saturated carbocycles. The quantitative estimate of drug-likeness (QED) is 0.581. The lowest BCUT2D eigenvalue weighted by atomic mass is 10.0. The molecule has 0 spiro atoms. The van der Waals surface area contributed by atoms with Crippen LogP contribution in [-0.2, 0) is 0 Å². The molecule has 0 nitrogen and oxygen atoms in total. The molecular formula is C8H18S. The van der Waals surface area contributed by atoms with E-state index >= 15 is 0 Å². The van der Waals surface area contributed by atoms with Crippen LogP contribution < -0.4 is 0 Å². The van der Waals surface area contributed by atoms with E-state index in [1.54, 1.807) is 0 Å². The summed E-state index contributed by atoms with van der Waals surface area (Å²) in [6.45, 7) is 8.93. The zero-order chi connectivity index (χ0) is 7.44. The molecule has 0 fully saturated rings. The standard InChI is InChI=1S/C8H18S/c1-6(2)5-8(9)7(3)4/h6-9H,5H2,1-4H3. The average molecular weight is 146 g/mol. The minimum atomic E-state index is 0.588. The molecule has 1 heteroatoms. The summed E-state index contributed by atoms with van der Waals surface area (Å²) in [4.78, 5) is 0. The van der Waals surface area contributed by atoms with Crippen LogP contribution >= 0.6 is 12.6 Å². The zero-order valence-corrected chi connectivity index (χ0v) is 7.78. The predicted octanol–water partition coefficient (Wildman–Crippen LogP) is 2.99. The van der Waals surface area contributed by atoms with Crippen LogP contribution in [0.3, 0.4) is 0 Å². The lowest BCUT2D eigenvalue weighted by molar-refractivity contribution is 0.492. The molecule has 0 heterocycles. The van der Waals surface area contributed by atoms with Crippen LogP contribution in [0.4, 0.5) is 0 Å². The van der Waals surface area contributed by atoms with Gasteiger partial charge in [0.05, 0.1) is 0 Å². The Balaban J connectivity index is 3.38. The summed E-state index contributed by atoms with van der Waals surface area (Å²) in [5.74, 6) is 1.51.